The van der Waals surface area contributed by atoms with Crippen LogP contribution >= 0.6 is 0 Å². The van der Waals surface area contributed by atoms with Crippen molar-refractivity contribution in [1.82, 2.24) is 5.32 Å². The minimum atomic E-state index is -0.702. The molecule has 1 aromatic rings. The maximum absolute atomic E-state index is 13.6. The van der Waals surface area contributed by atoms with E-state index in [0.717, 1.165) is 25.0 Å². The topological polar surface area (TPSA) is 29.1 Å². The van der Waals surface area contributed by atoms with Crippen molar-refractivity contribution < 1.29 is 13.0 Å². The summed E-state index contributed by atoms with van der Waals surface area (Å²) in [6, 6.07) is 3.50. The van der Waals surface area contributed by atoms with Crippen LogP contribution in [0.15, 0.2) is 18.2 Å². The molecule has 5 heteroatoms. The van der Waals surface area contributed by atoms with Gasteiger partial charge in [0.05, 0.1) is 0 Å². The first-order valence-corrected chi connectivity index (χ1v) is 7.61. The van der Waals surface area contributed by atoms with Gasteiger partial charge in [-0.05, 0) is 38.0 Å². The second-order valence-corrected chi connectivity index (χ2v) is 6.37. The number of nitrogens with one attached hydrogen (secondary N) is 1. The fourth-order valence-electron chi connectivity index (χ4n) is 2.25. The molecule has 1 heterocycles. The lowest BCUT2D eigenvalue weighted by Gasteiger charge is -2.26. The van der Waals surface area contributed by atoms with Gasteiger partial charge in [0.2, 0.25) is 0 Å². The van der Waals surface area contributed by atoms with Gasteiger partial charge < -0.3 is 5.32 Å². The Bertz CT molecular complexity index is 443. The van der Waals surface area contributed by atoms with Crippen molar-refractivity contribution in [3.63, 3.8) is 0 Å². The predicted molar refractivity (Wildman–Crippen MR) is 68.8 cm³/mol. The molecule has 1 fully saturated rings. The molecule has 1 saturated heterocycles. The minimum Gasteiger partial charge on any atom is -0.307 e. The van der Waals surface area contributed by atoms with Gasteiger partial charge in [0, 0.05) is 40.0 Å². The lowest BCUT2D eigenvalue weighted by atomic mass is 10.0. The van der Waals surface area contributed by atoms with E-state index in [9.17, 15) is 13.0 Å². The molecule has 0 saturated carbocycles. The van der Waals surface area contributed by atoms with Crippen LogP contribution in [0, 0.1) is 11.6 Å². The van der Waals surface area contributed by atoms with Crippen molar-refractivity contribution in [3.8, 4) is 0 Å². The van der Waals surface area contributed by atoms with E-state index in [1.165, 1.54) is 6.07 Å². The molecule has 1 unspecified atom stereocenters. The lowest BCUT2D eigenvalue weighted by molar-refractivity contribution is 0.416. The number of hydrogen-bond acceptors (Lipinski definition) is 2. The minimum absolute atomic E-state index is 0.236. The van der Waals surface area contributed by atoms with Crippen LogP contribution in [0.4, 0.5) is 8.78 Å². The van der Waals surface area contributed by atoms with Crippen molar-refractivity contribution in [2.75, 3.05) is 11.5 Å². The number of hydrogen-bond donors (Lipinski definition) is 1. The number of benzene rings is 1. The van der Waals surface area contributed by atoms with Gasteiger partial charge in [-0.15, -0.1) is 0 Å². The molecule has 0 aromatic heterocycles. The van der Waals surface area contributed by atoms with Gasteiger partial charge in [-0.2, -0.15) is 0 Å². The quantitative estimate of drug-likeness (QED) is 0.917. The first-order chi connectivity index (χ1) is 8.56. The van der Waals surface area contributed by atoms with E-state index in [2.05, 4.69) is 5.32 Å². The lowest BCUT2D eigenvalue weighted by Crippen LogP contribution is -2.37. The normalized spacial score (nSPS) is 25.9. The van der Waals surface area contributed by atoms with Gasteiger partial charge in [-0.1, -0.05) is 0 Å². The summed E-state index contributed by atoms with van der Waals surface area (Å²) in [6.45, 7) is 1.82. The third-order valence-electron chi connectivity index (χ3n) is 3.30. The van der Waals surface area contributed by atoms with E-state index in [1.807, 2.05) is 6.92 Å². The number of rotatable bonds is 3. The van der Waals surface area contributed by atoms with E-state index < -0.39 is 22.4 Å². The van der Waals surface area contributed by atoms with Crippen LogP contribution in [-0.4, -0.2) is 21.8 Å². The summed E-state index contributed by atoms with van der Waals surface area (Å²) in [7, 11) is -0.702. The molecule has 2 nitrogen and oxygen atoms in total. The maximum Gasteiger partial charge on any atom is 0.128 e. The molecule has 0 spiro atoms. The molecule has 0 aliphatic carbocycles. The Morgan fingerprint density at radius 3 is 2.67 bits per heavy atom. The largest absolute Gasteiger partial charge is 0.307 e. The smallest absolute Gasteiger partial charge is 0.128 e. The van der Waals surface area contributed by atoms with Crippen molar-refractivity contribution in [2.24, 2.45) is 0 Å². The van der Waals surface area contributed by atoms with E-state index in [0.29, 0.717) is 17.1 Å². The molecule has 0 bridgehead atoms. The Morgan fingerprint density at radius 1 is 1.33 bits per heavy atom. The summed E-state index contributed by atoms with van der Waals surface area (Å²) < 4.78 is 37.9. The van der Waals surface area contributed by atoms with E-state index >= 15 is 0 Å². The van der Waals surface area contributed by atoms with Gasteiger partial charge in [-0.25, -0.2) is 8.78 Å². The summed E-state index contributed by atoms with van der Waals surface area (Å²) in [5, 5.41) is 3.28. The van der Waals surface area contributed by atoms with Gasteiger partial charge in [0.15, 0.2) is 0 Å². The molecule has 1 N–H and O–H groups in total. The van der Waals surface area contributed by atoms with Crippen LogP contribution in [0.2, 0.25) is 0 Å². The van der Waals surface area contributed by atoms with Gasteiger partial charge in [-0.3, -0.25) is 4.21 Å². The van der Waals surface area contributed by atoms with Crippen LogP contribution in [-0.2, 0) is 10.8 Å². The summed E-state index contributed by atoms with van der Waals surface area (Å²) in [6.07, 6.45) is 1.65. The maximum atomic E-state index is 13.6. The third-order valence-corrected chi connectivity index (χ3v) is 4.68. The van der Waals surface area contributed by atoms with Crippen molar-refractivity contribution in [2.45, 2.75) is 31.8 Å². The average Bonchev–Trinajstić information content (AvgIpc) is 2.35. The highest BCUT2D eigenvalue weighted by Gasteiger charge is 2.21. The summed E-state index contributed by atoms with van der Waals surface area (Å²) in [5.74, 6) is 0.562. The van der Waals surface area contributed by atoms with E-state index in [-0.39, 0.29) is 12.1 Å². The number of halogens is 2. The second-order valence-electron chi connectivity index (χ2n) is 4.68. The van der Waals surface area contributed by atoms with E-state index in [1.54, 1.807) is 0 Å². The first kappa shape index (κ1) is 13.6. The van der Waals surface area contributed by atoms with Crippen LogP contribution in [0.3, 0.4) is 0 Å². The van der Waals surface area contributed by atoms with Crippen molar-refractivity contribution >= 4 is 10.8 Å². The zero-order chi connectivity index (χ0) is 13.1. The molecular formula is C13H17F2NOS. The molecule has 18 heavy (non-hydrogen) atoms. The Hall–Kier alpha value is -0.810. The van der Waals surface area contributed by atoms with Gasteiger partial charge >= 0.3 is 0 Å². The van der Waals surface area contributed by atoms with Crippen molar-refractivity contribution in [1.29, 1.82) is 0 Å². The SMILES string of the molecule is CC(NC1CCS(=O)CC1)c1cc(F)ccc1F. The molecule has 1 aliphatic heterocycles. The third kappa shape index (κ3) is 3.36. The zero-order valence-corrected chi connectivity index (χ0v) is 11.1. The van der Waals surface area contributed by atoms with Crippen molar-refractivity contribution in [3.05, 3.63) is 35.4 Å². The van der Waals surface area contributed by atoms with Gasteiger partial charge in [0.25, 0.3) is 0 Å². The van der Waals surface area contributed by atoms with Crippen LogP contribution in [0.25, 0.3) is 0 Å². The summed E-state index contributed by atoms with van der Waals surface area (Å²) in [5.41, 5.74) is 0.349. The second kappa shape index (κ2) is 5.89. The summed E-state index contributed by atoms with van der Waals surface area (Å²) >= 11 is 0. The molecule has 0 amide bonds. The highest BCUT2D eigenvalue weighted by atomic mass is 32.2. The van der Waals surface area contributed by atoms with Crippen LogP contribution in [0.1, 0.15) is 31.4 Å². The molecule has 100 valence electrons. The molecule has 1 aliphatic rings. The highest BCUT2D eigenvalue weighted by Crippen LogP contribution is 2.20. The molecule has 2 rings (SSSR count). The molecule has 1 aromatic carbocycles. The van der Waals surface area contributed by atoms with E-state index in [4.69, 9.17) is 0 Å². The fourth-order valence-corrected chi connectivity index (χ4v) is 3.55. The predicted octanol–water partition coefficient (Wildman–Crippen LogP) is 2.53. The highest BCUT2D eigenvalue weighted by molar-refractivity contribution is 7.85. The standard InChI is InChI=1S/C13H17F2NOS/c1-9(12-8-10(14)2-3-13(12)15)16-11-4-6-18(17)7-5-11/h2-3,8-9,11,16H,4-7H2,1H3. The average molecular weight is 273 g/mol. The Kier molecular flexibility index (Phi) is 4.45. The monoisotopic (exact) mass is 273 g/mol. The van der Waals surface area contributed by atoms with Crippen LogP contribution in [0.5, 0.6) is 0 Å². The Morgan fingerprint density at radius 2 is 2.00 bits per heavy atom. The molecule has 0 radical (unpaired) electrons. The Labute approximate surface area is 108 Å². The van der Waals surface area contributed by atoms with Gasteiger partial charge in [0.1, 0.15) is 11.6 Å². The first-order valence-electron chi connectivity index (χ1n) is 6.12. The fraction of sp³-hybridized carbons (Fsp3) is 0.538. The molecule has 1 atom stereocenters. The van der Waals surface area contributed by atoms with Crippen LogP contribution < -0.4 is 5.32 Å². The zero-order valence-electron chi connectivity index (χ0n) is 10.3. The Balaban J connectivity index is 2.00. The summed E-state index contributed by atoms with van der Waals surface area (Å²) in [4.78, 5) is 0. The molecular weight excluding hydrogens is 256 g/mol.